The second kappa shape index (κ2) is 5.77. The molecule has 1 aromatic carbocycles. The van der Waals surface area contributed by atoms with Crippen LogP contribution in [0, 0.1) is 6.92 Å². The van der Waals surface area contributed by atoms with Crippen LogP contribution in [0.1, 0.15) is 23.7 Å². The van der Waals surface area contributed by atoms with Gasteiger partial charge >= 0.3 is 0 Å². The minimum Gasteiger partial charge on any atom is -0.307 e. The van der Waals surface area contributed by atoms with Gasteiger partial charge in [-0.25, -0.2) is 0 Å². The van der Waals surface area contributed by atoms with Crippen LogP contribution < -0.4 is 5.32 Å². The van der Waals surface area contributed by atoms with Crippen molar-refractivity contribution in [3.8, 4) is 0 Å². The van der Waals surface area contributed by atoms with E-state index < -0.39 is 0 Å². The third-order valence-corrected chi connectivity index (χ3v) is 4.51. The Kier molecular flexibility index (Phi) is 3.85. The molecule has 0 bridgehead atoms. The summed E-state index contributed by atoms with van der Waals surface area (Å²) in [6.45, 7) is 6.91. The highest BCUT2D eigenvalue weighted by Gasteiger charge is 2.08. The fraction of sp³-hybridized carbons (Fsp3) is 0.312. The van der Waals surface area contributed by atoms with Crippen LogP contribution in [0.2, 0.25) is 0 Å². The summed E-state index contributed by atoms with van der Waals surface area (Å²) in [5, 5.41) is 13.9. The molecule has 4 heteroatoms. The molecule has 3 aromatic rings. The van der Waals surface area contributed by atoms with Crippen molar-refractivity contribution in [1.29, 1.82) is 0 Å². The molecule has 104 valence electrons. The van der Waals surface area contributed by atoms with Crippen molar-refractivity contribution >= 4 is 22.2 Å². The Morgan fingerprint density at radius 3 is 2.80 bits per heavy atom. The Morgan fingerprint density at radius 2 is 2.05 bits per heavy atom. The molecule has 20 heavy (non-hydrogen) atoms. The van der Waals surface area contributed by atoms with E-state index in [-0.39, 0.29) is 0 Å². The molecule has 2 aromatic heterocycles. The zero-order valence-electron chi connectivity index (χ0n) is 11.9. The summed E-state index contributed by atoms with van der Waals surface area (Å²) >= 11 is 1.76. The van der Waals surface area contributed by atoms with Gasteiger partial charge in [0.25, 0.3) is 0 Å². The first kappa shape index (κ1) is 13.3. The smallest absolute Gasteiger partial charge is 0.0841 e. The third-order valence-electron chi connectivity index (χ3n) is 3.60. The van der Waals surface area contributed by atoms with Crippen molar-refractivity contribution in [2.24, 2.45) is 0 Å². The van der Waals surface area contributed by atoms with E-state index >= 15 is 0 Å². The number of para-hydroxylation sites is 1. The maximum Gasteiger partial charge on any atom is 0.0841 e. The summed E-state index contributed by atoms with van der Waals surface area (Å²) in [7, 11) is 0. The number of nitrogens with one attached hydrogen (secondary N) is 1. The Bertz CT molecular complexity index is 711. The number of fused-ring (bicyclic) bond motifs is 1. The second-order valence-corrected chi connectivity index (χ2v) is 5.71. The molecule has 0 fully saturated rings. The van der Waals surface area contributed by atoms with E-state index in [1.165, 1.54) is 22.0 Å². The highest BCUT2D eigenvalue weighted by atomic mass is 32.1. The predicted molar refractivity (Wildman–Crippen MR) is 85.0 cm³/mol. The first-order valence-electron chi connectivity index (χ1n) is 6.96. The SMILES string of the molecule is CCn1nc(CNCc2cscc2C)c2ccccc21. The number of aromatic nitrogens is 2. The molecule has 0 aliphatic rings. The molecule has 0 unspecified atom stereocenters. The van der Waals surface area contributed by atoms with Crippen LogP contribution in [0.3, 0.4) is 0 Å². The van der Waals surface area contributed by atoms with Gasteiger partial charge in [-0.15, -0.1) is 0 Å². The number of benzene rings is 1. The number of hydrogen-bond donors (Lipinski definition) is 1. The Hall–Kier alpha value is -1.65. The van der Waals surface area contributed by atoms with Crippen LogP contribution >= 0.6 is 11.3 Å². The molecule has 0 spiro atoms. The van der Waals surface area contributed by atoms with E-state index in [0.717, 1.165) is 25.3 Å². The van der Waals surface area contributed by atoms with Crippen LogP contribution in [0.15, 0.2) is 35.0 Å². The van der Waals surface area contributed by atoms with Crippen molar-refractivity contribution in [1.82, 2.24) is 15.1 Å². The number of nitrogens with zero attached hydrogens (tertiary/aromatic N) is 2. The third kappa shape index (κ3) is 2.49. The fourth-order valence-electron chi connectivity index (χ4n) is 2.45. The maximum absolute atomic E-state index is 4.71. The van der Waals surface area contributed by atoms with Gasteiger partial charge in [0.1, 0.15) is 0 Å². The maximum atomic E-state index is 4.71. The molecule has 0 aliphatic heterocycles. The van der Waals surface area contributed by atoms with Crippen LogP contribution in [0.5, 0.6) is 0 Å². The zero-order valence-corrected chi connectivity index (χ0v) is 12.7. The zero-order chi connectivity index (χ0) is 13.9. The van der Waals surface area contributed by atoms with E-state index in [9.17, 15) is 0 Å². The highest BCUT2D eigenvalue weighted by molar-refractivity contribution is 7.08. The molecule has 0 saturated heterocycles. The molecule has 3 nitrogen and oxygen atoms in total. The Labute approximate surface area is 123 Å². The van der Waals surface area contributed by atoms with Crippen molar-refractivity contribution in [2.45, 2.75) is 33.5 Å². The summed E-state index contributed by atoms with van der Waals surface area (Å²) in [4.78, 5) is 0. The average molecular weight is 285 g/mol. The number of thiophene rings is 1. The summed E-state index contributed by atoms with van der Waals surface area (Å²) in [6.07, 6.45) is 0. The van der Waals surface area contributed by atoms with E-state index in [1.54, 1.807) is 11.3 Å². The van der Waals surface area contributed by atoms with Gasteiger partial charge in [0.15, 0.2) is 0 Å². The molecule has 0 amide bonds. The van der Waals surface area contributed by atoms with E-state index in [4.69, 9.17) is 5.10 Å². The molecule has 0 atom stereocenters. The molecular formula is C16H19N3S. The topological polar surface area (TPSA) is 29.9 Å². The lowest BCUT2D eigenvalue weighted by Gasteiger charge is -2.02. The van der Waals surface area contributed by atoms with Crippen LogP contribution in [-0.4, -0.2) is 9.78 Å². The molecular weight excluding hydrogens is 266 g/mol. The van der Waals surface area contributed by atoms with Crippen molar-refractivity contribution in [3.63, 3.8) is 0 Å². The first-order valence-corrected chi connectivity index (χ1v) is 7.90. The summed E-state index contributed by atoms with van der Waals surface area (Å²) in [5.74, 6) is 0. The standard InChI is InChI=1S/C16H19N3S/c1-3-19-16-7-5-4-6-14(16)15(18-19)9-17-8-13-11-20-10-12(13)2/h4-7,10-11,17H,3,8-9H2,1-2H3. The van der Waals surface area contributed by atoms with Gasteiger partial charge in [0.05, 0.1) is 11.2 Å². The molecule has 0 radical (unpaired) electrons. The van der Waals surface area contributed by atoms with Gasteiger partial charge in [-0.1, -0.05) is 18.2 Å². The summed E-state index contributed by atoms with van der Waals surface area (Å²) in [5.41, 5.74) is 5.11. The van der Waals surface area contributed by atoms with Crippen molar-refractivity contribution in [3.05, 3.63) is 51.8 Å². The second-order valence-electron chi connectivity index (χ2n) is 4.96. The van der Waals surface area contributed by atoms with Gasteiger partial charge < -0.3 is 5.32 Å². The van der Waals surface area contributed by atoms with E-state index in [1.807, 2.05) is 0 Å². The van der Waals surface area contributed by atoms with Gasteiger partial charge in [-0.3, -0.25) is 4.68 Å². The molecule has 2 heterocycles. The normalized spacial score (nSPS) is 11.3. The van der Waals surface area contributed by atoms with Crippen molar-refractivity contribution < 1.29 is 0 Å². The summed E-state index contributed by atoms with van der Waals surface area (Å²) in [6, 6.07) is 8.44. The van der Waals surface area contributed by atoms with Crippen LogP contribution in [0.25, 0.3) is 10.9 Å². The van der Waals surface area contributed by atoms with Crippen LogP contribution in [0.4, 0.5) is 0 Å². The van der Waals surface area contributed by atoms with E-state index in [2.05, 4.69) is 58.9 Å². The predicted octanol–water partition coefficient (Wildman–Crippen LogP) is 3.72. The molecule has 1 N–H and O–H groups in total. The first-order chi connectivity index (χ1) is 9.79. The number of aryl methyl sites for hydroxylation is 2. The average Bonchev–Trinajstić information content (AvgIpc) is 3.04. The van der Waals surface area contributed by atoms with Crippen molar-refractivity contribution in [2.75, 3.05) is 0 Å². The van der Waals surface area contributed by atoms with Gasteiger partial charge in [-0.05, 0) is 41.8 Å². The largest absolute Gasteiger partial charge is 0.307 e. The minimum atomic E-state index is 0.808. The molecule has 0 aliphatic carbocycles. The van der Waals surface area contributed by atoms with Gasteiger partial charge in [0, 0.05) is 25.0 Å². The number of rotatable bonds is 5. The summed E-state index contributed by atoms with van der Waals surface area (Å²) < 4.78 is 2.07. The highest BCUT2D eigenvalue weighted by Crippen LogP contribution is 2.19. The minimum absolute atomic E-state index is 0.808. The molecule has 0 saturated carbocycles. The lowest BCUT2D eigenvalue weighted by atomic mass is 10.2. The van der Waals surface area contributed by atoms with Crippen LogP contribution in [-0.2, 0) is 19.6 Å². The van der Waals surface area contributed by atoms with E-state index in [0.29, 0.717) is 0 Å². The molecule has 3 rings (SSSR count). The monoisotopic (exact) mass is 285 g/mol. The quantitative estimate of drug-likeness (QED) is 0.774. The fourth-order valence-corrected chi connectivity index (χ4v) is 3.31. The lowest BCUT2D eigenvalue weighted by molar-refractivity contribution is 0.631. The Morgan fingerprint density at radius 1 is 1.20 bits per heavy atom. The Balaban J connectivity index is 1.76. The van der Waals surface area contributed by atoms with Gasteiger partial charge in [-0.2, -0.15) is 16.4 Å². The number of hydrogen-bond acceptors (Lipinski definition) is 3. The lowest BCUT2D eigenvalue weighted by Crippen LogP contribution is -2.13. The van der Waals surface area contributed by atoms with Gasteiger partial charge in [0.2, 0.25) is 0 Å².